The molecule has 0 aliphatic carbocycles. The Bertz CT molecular complexity index is 471. The minimum atomic E-state index is -0.0233. The van der Waals surface area contributed by atoms with Crippen LogP contribution in [0.3, 0.4) is 0 Å². The van der Waals surface area contributed by atoms with E-state index in [9.17, 15) is 0 Å². The van der Waals surface area contributed by atoms with Crippen molar-refractivity contribution in [3.63, 3.8) is 0 Å². The highest BCUT2D eigenvalue weighted by molar-refractivity contribution is 5.93. The Labute approximate surface area is 87.3 Å². The summed E-state index contributed by atoms with van der Waals surface area (Å²) in [6.45, 7) is 0.223. The van der Waals surface area contributed by atoms with Gasteiger partial charge in [-0.1, -0.05) is 0 Å². The number of benzene rings is 1. The summed E-state index contributed by atoms with van der Waals surface area (Å²) in [4.78, 5) is 4.18. The van der Waals surface area contributed by atoms with Crippen LogP contribution in [0.15, 0.2) is 30.5 Å². The molecule has 2 rings (SSSR count). The number of ether oxygens (including phenoxy) is 1. The number of aliphatic hydroxyl groups excluding tert-OH is 1. The van der Waals surface area contributed by atoms with Crippen LogP contribution < -0.4 is 10.5 Å². The molecule has 1 aromatic carbocycles. The third kappa shape index (κ3) is 1.85. The molecule has 2 aromatic rings. The summed E-state index contributed by atoms with van der Waals surface area (Å²) in [5.74, 6) is 0.588. The molecule has 0 aliphatic heterocycles. The number of fused-ring (bicyclic) bond motifs is 1. The quantitative estimate of drug-likeness (QED) is 0.737. The Morgan fingerprint density at radius 2 is 2.20 bits per heavy atom. The van der Waals surface area contributed by atoms with Gasteiger partial charge in [0.05, 0.1) is 17.8 Å². The van der Waals surface area contributed by atoms with E-state index in [2.05, 4.69) is 4.98 Å². The maximum atomic E-state index is 8.65. The van der Waals surface area contributed by atoms with Gasteiger partial charge in [0.25, 0.3) is 0 Å². The molecule has 0 unspecified atom stereocenters. The van der Waals surface area contributed by atoms with Crippen molar-refractivity contribution in [3.8, 4) is 5.75 Å². The Balaban J connectivity index is 2.45. The molecule has 0 bridgehead atoms. The number of rotatable bonds is 3. The zero-order valence-corrected chi connectivity index (χ0v) is 8.18. The lowest BCUT2D eigenvalue weighted by atomic mass is 10.2. The van der Waals surface area contributed by atoms with Crippen molar-refractivity contribution < 1.29 is 9.84 Å². The van der Waals surface area contributed by atoms with Crippen molar-refractivity contribution in [2.24, 2.45) is 0 Å². The van der Waals surface area contributed by atoms with Gasteiger partial charge in [-0.25, -0.2) is 0 Å². The third-order valence-corrected chi connectivity index (χ3v) is 2.14. The number of nitrogens with zero attached hydrogens (tertiary/aromatic N) is 1. The molecule has 0 saturated heterocycles. The van der Waals surface area contributed by atoms with E-state index >= 15 is 0 Å². The van der Waals surface area contributed by atoms with Crippen LogP contribution in [-0.4, -0.2) is 23.3 Å². The number of nitrogen functional groups attached to an aromatic ring is 1. The van der Waals surface area contributed by atoms with Gasteiger partial charge in [0.2, 0.25) is 0 Å². The molecule has 4 heteroatoms. The number of nitrogens with two attached hydrogens (primary N) is 1. The summed E-state index contributed by atoms with van der Waals surface area (Å²) in [7, 11) is 0. The first kappa shape index (κ1) is 9.73. The minimum Gasteiger partial charge on any atom is -0.489 e. The van der Waals surface area contributed by atoms with Crippen LogP contribution in [0, 0.1) is 0 Å². The molecule has 0 saturated carbocycles. The van der Waals surface area contributed by atoms with Crippen molar-refractivity contribution >= 4 is 16.6 Å². The Hall–Kier alpha value is -1.81. The molecular formula is C11H12N2O2. The Morgan fingerprint density at radius 3 is 3.00 bits per heavy atom. The van der Waals surface area contributed by atoms with Gasteiger partial charge in [0.15, 0.2) is 0 Å². The predicted octanol–water partition coefficient (Wildman–Crippen LogP) is 1.19. The van der Waals surface area contributed by atoms with E-state index < -0.39 is 0 Å². The second-order valence-electron chi connectivity index (χ2n) is 3.12. The van der Waals surface area contributed by atoms with Gasteiger partial charge in [-0.15, -0.1) is 0 Å². The highest BCUT2D eigenvalue weighted by Gasteiger charge is 2.05. The SMILES string of the molecule is Nc1c(OCCO)ccc2ncccc12. The van der Waals surface area contributed by atoms with Crippen LogP contribution in [-0.2, 0) is 0 Å². The van der Waals surface area contributed by atoms with Crippen molar-refractivity contribution in [1.82, 2.24) is 4.98 Å². The zero-order valence-electron chi connectivity index (χ0n) is 8.18. The fourth-order valence-electron chi connectivity index (χ4n) is 1.44. The van der Waals surface area contributed by atoms with E-state index in [0.29, 0.717) is 11.4 Å². The molecule has 4 nitrogen and oxygen atoms in total. The van der Waals surface area contributed by atoms with E-state index in [1.807, 2.05) is 18.2 Å². The summed E-state index contributed by atoms with van der Waals surface area (Å²) in [6.07, 6.45) is 1.72. The molecule has 3 N–H and O–H groups in total. The van der Waals surface area contributed by atoms with E-state index in [1.165, 1.54) is 0 Å². The second kappa shape index (κ2) is 4.14. The molecule has 0 atom stereocenters. The number of aliphatic hydroxyl groups is 1. The lowest BCUT2D eigenvalue weighted by Crippen LogP contribution is -2.04. The van der Waals surface area contributed by atoms with Gasteiger partial charge in [-0.2, -0.15) is 0 Å². The van der Waals surface area contributed by atoms with Gasteiger partial charge in [-0.3, -0.25) is 4.98 Å². The highest BCUT2D eigenvalue weighted by Crippen LogP contribution is 2.29. The molecule has 0 fully saturated rings. The summed E-state index contributed by atoms with van der Waals surface area (Å²) >= 11 is 0. The third-order valence-electron chi connectivity index (χ3n) is 2.14. The first-order chi connectivity index (χ1) is 7.33. The molecule has 0 radical (unpaired) electrons. The topological polar surface area (TPSA) is 68.4 Å². The van der Waals surface area contributed by atoms with Gasteiger partial charge in [-0.05, 0) is 24.3 Å². The lowest BCUT2D eigenvalue weighted by molar-refractivity contribution is 0.202. The molecular weight excluding hydrogens is 192 g/mol. The van der Waals surface area contributed by atoms with Gasteiger partial charge < -0.3 is 15.6 Å². The largest absolute Gasteiger partial charge is 0.489 e. The number of hydrogen-bond donors (Lipinski definition) is 2. The van der Waals surface area contributed by atoms with Crippen molar-refractivity contribution in [3.05, 3.63) is 30.5 Å². The number of hydrogen-bond acceptors (Lipinski definition) is 4. The van der Waals surface area contributed by atoms with Crippen LogP contribution >= 0.6 is 0 Å². The van der Waals surface area contributed by atoms with Crippen LogP contribution in [0.2, 0.25) is 0 Å². The van der Waals surface area contributed by atoms with E-state index in [1.54, 1.807) is 12.3 Å². The smallest absolute Gasteiger partial charge is 0.143 e. The predicted molar refractivity (Wildman–Crippen MR) is 58.7 cm³/mol. The normalized spacial score (nSPS) is 10.5. The van der Waals surface area contributed by atoms with Crippen LogP contribution in [0.5, 0.6) is 5.75 Å². The molecule has 15 heavy (non-hydrogen) atoms. The van der Waals surface area contributed by atoms with Crippen LogP contribution in [0.4, 0.5) is 5.69 Å². The van der Waals surface area contributed by atoms with E-state index in [4.69, 9.17) is 15.6 Å². The molecule has 78 valence electrons. The van der Waals surface area contributed by atoms with Crippen molar-refractivity contribution in [2.75, 3.05) is 18.9 Å². The first-order valence-corrected chi connectivity index (χ1v) is 4.70. The van der Waals surface area contributed by atoms with Crippen LogP contribution in [0.1, 0.15) is 0 Å². The zero-order chi connectivity index (χ0) is 10.7. The average molecular weight is 204 g/mol. The highest BCUT2D eigenvalue weighted by atomic mass is 16.5. The van der Waals surface area contributed by atoms with E-state index in [-0.39, 0.29) is 13.2 Å². The van der Waals surface area contributed by atoms with Crippen molar-refractivity contribution in [2.45, 2.75) is 0 Å². The molecule has 1 heterocycles. The maximum absolute atomic E-state index is 8.65. The number of aromatic nitrogens is 1. The van der Waals surface area contributed by atoms with Gasteiger partial charge >= 0.3 is 0 Å². The Morgan fingerprint density at radius 1 is 1.33 bits per heavy atom. The second-order valence-corrected chi connectivity index (χ2v) is 3.12. The Kier molecular flexibility index (Phi) is 2.69. The van der Waals surface area contributed by atoms with Gasteiger partial charge in [0.1, 0.15) is 12.4 Å². The number of pyridine rings is 1. The fourth-order valence-corrected chi connectivity index (χ4v) is 1.44. The standard InChI is InChI=1S/C11H12N2O2/c12-11-8-2-1-5-13-9(8)3-4-10(11)15-7-6-14/h1-5,14H,6-7,12H2. The molecule has 0 spiro atoms. The average Bonchev–Trinajstić information content (AvgIpc) is 2.29. The van der Waals surface area contributed by atoms with E-state index in [0.717, 1.165) is 10.9 Å². The maximum Gasteiger partial charge on any atom is 0.143 e. The lowest BCUT2D eigenvalue weighted by Gasteiger charge is -2.09. The first-order valence-electron chi connectivity index (χ1n) is 4.70. The minimum absolute atomic E-state index is 0.0233. The number of anilines is 1. The fraction of sp³-hybridized carbons (Fsp3) is 0.182. The molecule has 0 amide bonds. The molecule has 0 aliphatic rings. The molecule has 1 aromatic heterocycles. The van der Waals surface area contributed by atoms with Crippen molar-refractivity contribution in [1.29, 1.82) is 0 Å². The summed E-state index contributed by atoms with van der Waals surface area (Å²) in [5.41, 5.74) is 7.32. The van der Waals surface area contributed by atoms with Gasteiger partial charge in [0, 0.05) is 11.6 Å². The summed E-state index contributed by atoms with van der Waals surface area (Å²) in [6, 6.07) is 7.33. The summed E-state index contributed by atoms with van der Waals surface area (Å²) in [5, 5.41) is 9.52. The monoisotopic (exact) mass is 204 g/mol. The van der Waals surface area contributed by atoms with Crippen LogP contribution in [0.25, 0.3) is 10.9 Å². The summed E-state index contributed by atoms with van der Waals surface area (Å²) < 4.78 is 5.29.